The molecular weight excluding hydrogens is 556 g/mol. The van der Waals surface area contributed by atoms with E-state index >= 15 is 0 Å². The summed E-state index contributed by atoms with van der Waals surface area (Å²) >= 11 is 0. The van der Waals surface area contributed by atoms with Gasteiger partial charge in [-0.2, -0.15) is 4.31 Å². The monoisotopic (exact) mass is 592 g/mol. The largest absolute Gasteiger partial charge is 0.465 e. The van der Waals surface area contributed by atoms with E-state index in [2.05, 4.69) is 0 Å². The third-order valence-electron chi connectivity index (χ3n) is 7.07. The highest BCUT2D eigenvalue weighted by Crippen LogP contribution is 2.32. The van der Waals surface area contributed by atoms with Crippen LogP contribution in [-0.2, 0) is 42.2 Å². The Balaban J connectivity index is 1.65. The molecule has 222 valence electrons. The quantitative estimate of drug-likeness (QED) is 0.166. The van der Waals surface area contributed by atoms with E-state index in [4.69, 9.17) is 13.9 Å². The van der Waals surface area contributed by atoms with Gasteiger partial charge in [0.1, 0.15) is 11.5 Å². The maximum atomic E-state index is 13.7. The summed E-state index contributed by atoms with van der Waals surface area (Å²) in [4.78, 5) is 27.6. The molecule has 0 spiro atoms. The van der Waals surface area contributed by atoms with Gasteiger partial charge in [-0.05, 0) is 63.1 Å². The van der Waals surface area contributed by atoms with Crippen molar-refractivity contribution in [1.29, 1.82) is 0 Å². The summed E-state index contributed by atoms with van der Waals surface area (Å²) in [7, 11) is -1.03. The van der Waals surface area contributed by atoms with Crippen molar-refractivity contribution in [3.63, 3.8) is 0 Å². The van der Waals surface area contributed by atoms with Crippen LogP contribution in [0.2, 0.25) is 0 Å². The lowest BCUT2D eigenvalue weighted by Crippen LogP contribution is -2.30. The van der Waals surface area contributed by atoms with E-state index in [9.17, 15) is 18.0 Å². The first kappa shape index (κ1) is 31.0. The molecule has 0 saturated heterocycles. The number of furan rings is 1. The van der Waals surface area contributed by atoms with Crippen LogP contribution in [0.15, 0.2) is 86.8 Å². The predicted molar refractivity (Wildman–Crippen MR) is 158 cm³/mol. The van der Waals surface area contributed by atoms with Gasteiger partial charge in [-0.25, -0.2) is 13.2 Å². The number of rotatable bonds is 12. The van der Waals surface area contributed by atoms with Gasteiger partial charge in [-0.3, -0.25) is 4.79 Å². The van der Waals surface area contributed by atoms with E-state index in [0.29, 0.717) is 36.8 Å². The number of benzene rings is 2. The first-order valence-electron chi connectivity index (χ1n) is 13.6. The van der Waals surface area contributed by atoms with Gasteiger partial charge in [-0.15, -0.1) is 0 Å². The van der Waals surface area contributed by atoms with Gasteiger partial charge < -0.3 is 18.8 Å². The second-order valence-electron chi connectivity index (χ2n) is 10.2. The van der Waals surface area contributed by atoms with Gasteiger partial charge in [-0.1, -0.05) is 47.5 Å². The van der Waals surface area contributed by atoms with Crippen LogP contribution in [0.4, 0.5) is 0 Å². The van der Waals surface area contributed by atoms with Gasteiger partial charge in [0.05, 0.1) is 29.7 Å². The number of carbonyl (C=O) groups is 2. The molecule has 0 saturated carbocycles. The first-order valence-corrected chi connectivity index (χ1v) is 15.0. The van der Waals surface area contributed by atoms with Crippen LogP contribution >= 0.6 is 0 Å². The SMILES string of the molecule is COCCCN1C(=O)/C(=C/c2ccc(CN(Cc3ccc(C)cc3)S(=O)(=O)c3ccc(C)cc3)o2)C(C(=O)OC)=C1C. The number of sulfonamides is 1. The number of amides is 1. The Bertz CT molecular complexity index is 1600. The van der Waals surface area contributed by atoms with E-state index in [1.807, 2.05) is 38.1 Å². The van der Waals surface area contributed by atoms with Crippen LogP contribution in [-0.4, -0.2) is 56.9 Å². The summed E-state index contributed by atoms with van der Waals surface area (Å²) in [6, 6.07) is 17.7. The van der Waals surface area contributed by atoms with Gasteiger partial charge in [0.25, 0.3) is 5.91 Å². The third-order valence-corrected chi connectivity index (χ3v) is 8.88. The molecule has 4 rings (SSSR count). The van der Waals surface area contributed by atoms with Crippen LogP contribution < -0.4 is 0 Å². The fourth-order valence-corrected chi connectivity index (χ4v) is 6.11. The van der Waals surface area contributed by atoms with Crippen molar-refractivity contribution in [2.45, 2.75) is 45.2 Å². The Kier molecular flexibility index (Phi) is 9.82. The molecule has 3 aromatic rings. The van der Waals surface area contributed by atoms with Crippen LogP contribution in [0.3, 0.4) is 0 Å². The molecule has 0 atom stereocenters. The molecule has 1 aromatic heterocycles. The lowest BCUT2D eigenvalue weighted by molar-refractivity contribution is -0.136. The summed E-state index contributed by atoms with van der Waals surface area (Å²) < 4.78 is 44.9. The molecular formula is C32H36N2O7S. The van der Waals surface area contributed by atoms with Crippen LogP contribution in [0.5, 0.6) is 0 Å². The molecule has 1 aliphatic heterocycles. The summed E-state index contributed by atoms with van der Waals surface area (Å²) in [5.41, 5.74) is 3.68. The van der Waals surface area contributed by atoms with Crippen molar-refractivity contribution >= 4 is 28.0 Å². The highest BCUT2D eigenvalue weighted by atomic mass is 32.2. The van der Waals surface area contributed by atoms with Gasteiger partial charge >= 0.3 is 5.97 Å². The minimum absolute atomic E-state index is 0.0386. The Labute approximate surface area is 247 Å². The molecule has 2 aromatic carbocycles. The zero-order chi connectivity index (χ0) is 30.4. The van der Waals surface area contributed by atoms with Crippen molar-refractivity contribution in [2.24, 2.45) is 0 Å². The summed E-state index contributed by atoms with van der Waals surface area (Å²) in [6.07, 6.45) is 2.09. The van der Waals surface area contributed by atoms with Crippen molar-refractivity contribution in [3.8, 4) is 0 Å². The number of ether oxygens (including phenoxy) is 2. The van der Waals surface area contributed by atoms with E-state index < -0.39 is 16.0 Å². The molecule has 42 heavy (non-hydrogen) atoms. The number of methoxy groups -OCH3 is 2. The number of allylic oxidation sites excluding steroid dienone is 1. The zero-order valence-electron chi connectivity index (χ0n) is 24.5. The molecule has 1 amide bonds. The smallest absolute Gasteiger partial charge is 0.340 e. The molecule has 0 radical (unpaired) electrons. The van der Waals surface area contributed by atoms with E-state index in [1.54, 1.807) is 50.4 Å². The number of hydrogen-bond donors (Lipinski definition) is 0. The Morgan fingerprint density at radius 2 is 1.57 bits per heavy atom. The van der Waals surface area contributed by atoms with E-state index in [1.165, 1.54) is 22.4 Å². The highest BCUT2D eigenvalue weighted by molar-refractivity contribution is 7.89. The summed E-state index contributed by atoms with van der Waals surface area (Å²) in [5.74, 6) is -0.275. The molecule has 0 fully saturated rings. The molecule has 0 unspecified atom stereocenters. The second kappa shape index (κ2) is 13.3. The fourth-order valence-electron chi connectivity index (χ4n) is 4.72. The number of aryl methyl sites for hydroxylation is 2. The van der Waals surface area contributed by atoms with Gasteiger partial charge in [0.15, 0.2) is 0 Å². The zero-order valence-corrected chi connectivity index (χ0v) is 25.4. The van der Waals surface area contributed by atoms with Crippen LogP contribution in [0.25, 0.3) is 6.08 Å². The Hall–Kier alpha value is -3.99. The molecule has 9 nitrogen and oxygen atoms in total. The average Bonchev–Trinajstić information content (AvgIpc) is 3.51. The average molecular weight is 593 g/mol. The highest BCUT2D eigenvalue weighted by Gasteiger charge is 2.37. The van der Waals surface area contributed by atoms with Crippen molar-refractivity contribution in [3.05, 3.63) is 106 Å². The van der Waals surface area contributed by atoms with Crippen molar-refractivity contribution < 1.29 is 31.9 Å². The molecule has 2 heterocycles. The van der Waals surface area contributed by atoms with Crippen LogP contribution in [0.1, 0.15) is 41.6 Å². The van der Waals surface area contributed by atoms with Crippen LogP contribution in [0, 0.1) is 13.8 Å². The van der Waals surface area contributed by atoms with Crippen molar-refractivity contribution in [1.82, 2.24) is 9.21 Å². The Morgan fingerprint density at radius 3 is 2.19 bits per heavy atom. The van der Waals surface area contributed by atoms with Crippen molar-refractivity contribution in [2.75, 3.05) is 27.4 Å². The lowest BCUT2D eigenvalue weighted by atomic mass is 10.1. The summed E-state index contributed by atoms with van der Waals surface area (Å²) in [6.45, 7) is 6.51. The predicted octanol–water partition coefficient (Wildman–Crippen LogP) is 5.00. The third kappa shape index (κ3) is 6.89. The Morgan fingerprint density at radius 1 is 0.929 bits per heavy atom. The number of esters is 1. The molecule has 1 aliphatic rings. The van der Waals surface area contributed by atoms with Gasteiger partial charge in [0.2, 0.25) is 10.0 Å². The maximum absolute atomic E-state index is 13.7. The summed E-state index contributed by atoms with van der Waals surface area (Å²) in [5, 5.41) is 0. The molecule has 0 N–H and O–H groups in total. The number of carbonyl (C=O) groups excluding carboxylic acids is 2. The number of nitrogens with zero attached hydrogens (tertiary/aromatic N) is 2. The van der Waals surface area contributed by atoms with E-state index in [0.717, 1.165) is 16.7 Å². The molecule has 0 aliphatic carbocycles. The normalized spacial score (nSPS) is 14.9. The lowest BCUT2D eigenvalue weighted by Gasteiger charge is -2.21. The van der Waals surface area contributed by atoms with E-state index in [-0.39, 0.29) is 35.0 Å². The van der Waals surface area contributed by atoms with Gasteiger partial charge in [0, 0.05) is 32.5 Å². The minimum Gasteiger partial charge on any atom is -0.465 e. The standard InChI is InChI=1S/C32H36N2O7S/c1-22-7-11-25(12-8-22)20-33(42(37,38)28-15-9-23(2)10-16-28)21-27-14-13-26(41-27)19-29-30(32(36)40-5)24(3)34(31(29)35)17-6-18-39-4/h7-16,19H,6,17-18,20-21H2,1-5H3/b29-19+. The molecule has 0 bridgehead atoms. The maximum Gasteiger partial charge on any atom is 0.340 e. The first-order chi connectivity index (χ1) is 20.0. The fraction of sp³-hybridized carbons (Fsp3) is 0.312. The second-order valence-corrected chi connectivity index (χ2v) is 12.1. The number of hydrogen-bond acceptors (Lipinski definition) is 7. The topological polar surface area (TPSA) is 106 Å². The minimum atomic E-state index is -3.88. The molecule has 10 heteroatoms.